The summed E-state index contributed by atoms with van der Waals surface area (Å²) in [6.07, 6.45) is -0.859. The summed E-state index contributed by atoms with van der Waals surface area (Å²) in [5.41, 5.74) is -1.84. The van der Waals surface area contributed by atoms with Gasteiger partial charge in [0, 0.05) is 12.5 Å². The van der Waals surface area contributed by atoms with Gasteiger partial charge in [0.1, 0.15) is 5.75 Å². The summed E-state index contributed by atoms with van der Waals surface area (Å²) < 4.78 is 38.6. The lowest BCUT2D eigenvalue weighted by Gasteiger charge is -2.45. The molecular weight excluding hydrogens is 319 g/mol. The van der Waals surface area contributed by atoms with E-state index in [9.17, 15) is 23.4 Å². The van der Waals surface area contributed by atoms with Crippen molar-refractivity contribution < 1.29 is 23.4 Å². The molecule has 24 heavy (non-hydrogen) atoms. The van der Waals surface area contributed by atoms with Crippen molar-refractivity contribution in [2.75, 3.05) is 20.6 Å². The molecule has 4 atom stereocenters. The first kappa shape index (κ1) is 17.5. The highest BCUT2D eigenvalue weighted by Crippen LogP contribution is 2.54. The maximum absolute atomic E-state index is 12.9. The van der Waals surface area contributed by atoms with Crippen LogP contribution in [0.4, 0.5) is 13.2 Å². The van der Waals surface area contributed by atoms with Crippen LogP contribution in [0.2, 0.25) is 0 Å². The van der Waals surface area contributed by atoms with Crippen molar-refractivity contribution >= 4 is 0 Å². The predicted molar refractivity (Wildman–Crippen MR) is 84.5 cm³/mol. The second kappa shape index (κ2) is 5.92. The number of phenols is 1. The number of alkyl halides is 3. The molecule has 0 saturated heterocycles. The number of phenolic OH excluding ortho intramolecular Hbond substituents is 1. The number of hydrogen-bond donors (Lipinski definition) is 2. The number of aromatic hydroxyl groups is 1. The van der Waals surface area contributed by atoms with E-state index in [1.165, 1.54) is 6.07 Å². The lowest BCUT2D eigenvalue weighted by Crippen LogP contribution is -2.47. The zero-order chi connectivity index (χ0) is 17.7. The molecule has 1 aromatic carbocycles. The summed E-state index contributed by atoms with van der Waals surface area (Å²) >= 11 is 0. The summed E-state index contributed by atoms with van der Waals surface area (Å²) in [4.78, 5) is 2.01. The fraction of sp³-hybridized carbons (Fsp3) is 0.667. The number of benzene rings is 1. The minimum Gasteiger partial charge on any atom is -0.507 e. The molecule has 0 spiro atoms. The quantitative estimate of drug-likeness (QED) is 0.881. The molecule has 134 valence electrons. The molecule has 2 unspecified atom stereocenters. The first-order valence-corrected chi connectivity index (χ1v) is 8.39. The maximum atomic E-state index is 12.9. The lowest BCUT2D eigenvalue weighted by molar-refractivity contribution is -0.139. The Balaban J connectivity index is 2.00. The molecule has 0 amide bonds. The van der Waals surface area contributed by atoms with E-state index in [0.717, 1.165) is 31.4 Å². The number of halogens is 3. The molecule has 6 heteroatoms. The molecule has 3 nitrogen and oxygen atoms in total. The topological polar surface area (TPSA) is 43.7 Å². The van der Waals surface area contributed by atoms with Crippen LogP contribution in [0.1, 0.15) is 36.8 Å². The maximum Gasteiger partial charge on any atom is 0.419 e. The Hall–Kier alpha value is -1.27. The number of rotatable bonds is 3. The summed E-state index contributed by atoms with van der Waals surface area (Å²) in [5.74, 6) is -0.0687. The lowest BCUT2D eigenvalue weighted by atomic mass is 9.66. The van der Waals surface area contributed by atoms with Crippen LogP contribution in [0.5, 0.6) is 5.75 Å². The molecule has 2 bridgehead atoms. The Kier molecular flexibility index (Phi) is 4.33. The highest BCUT2D eigenvalue weighted by molar-refractivity contribution is 5.41. The first-order chi connectivity index (χ1) is 11.1. The van der Waals surface area contributed by atoms with Gasteiger partial charge in [0.05, 0.1) is 11.2 Å². The van der Waals surface area contributed by atoms with Gasteiger partial charge in [-0.3, -0.25) is 0 Å². The van der Waals surface area contributed by atoms with E-state index in [1.54, 1.807) is 0 Å². The Morgan fingerprint density at radius 1 is 1.25 bits per heavy atom. The van der Waals surface area contributed by atoms with Crippen molar-refractivity contribution in [3.8, 4) is 5.75 Å². The third kappa shape index (κ3) is 3.02. The van der Waals surface area contributed by atoms with Gasteiger partial charge in [-0.1, -0.05) is 12.5 Å². The third-order valence-electron chi connectivity index (χ3n) is 5.73. The van der Waals surface area contributed by atoms with Gasteiger partial charge in [-0.25, -0.2) is 0 Å². The van der Waals surface area contributed by atoms with Gasteiger partial charge in [-0.15, -0.1) is 0 Å². The van der Waals surface area contributed by atoms with Gasteiger partial charge >= 0.3 is 6.18 Å². The fourth-order valence-electron chi connectivity index (χ4n) is 4.71. The summed E-state index contributed by atoms with van der Waals surface area (Å²) in [7, 11) is 3.87. The van der Waals surface area contributed by atoms with Gasteiger partial charge in [-0.2, -0.15) is 13.2 Å². The monoisotopic (exact) mass is 343 g/mol. The van der Waals surface area contributed by atoms with Crippen molar-refractivity contribution in [3.63, 3.8) is 0 Å². The summed E-state index contributed by atoms with van der Waals surface area (Å²) in [6, 6.07) is 3.32. The normalized spacial score (nSPS) is 33.2. The molecular formula is C18H24F3NO2. The Morgan fingerprint density at radius 3 is 2.54 bits per heavy atom. The molecule has 0 aliphatic heterocycles. The van der Waals surface area contributed by atoms with Crippen LogP contribution in [0.25, 0.3) is 0 Å². The van der Waals surface area contributed by atoms with E-state index in [1.807, 2.05) is 19.0 Å². The molecule has 3 rings (SSSR count). The van der Waals surface area contributed by atoms with Gasteiger partial charge < -0.3 is 15.1 Å². The van der Waals surface area contributed by atoms with E-state index < -0.39 is 23.1 Å². The largest absolute Gasteiger partial charge is 0.507 e. The zero-order valence-electron chi connectivity index (χ0n) is 14.0. The Morgan fingerprint density at radius 2 is 1.96 bits per heavy atom. The Bertz CT molecular complexity index is 617. The van der Waals surface area contributed by atoms with Crippen molar-refractivity contribution in [1.82, 2.24) is 4.90 Å². The van der Waals surface area contributed by atoms with Gasteiger partial charge in [0.25, 0.3) is 0 Å². The van der Waals surface area contributed by atoms with Gasteiger partial charge in [0.2, 0.25) is 0 Å². The highest BCUT2D eigenvalue weighted by atomic mass is 19.4. The fourth-order valence-corrected chi connectivity index (χ4v) is 4.71. The third-order valence-corrected chi connectivity index (χ3v) is 5.73. The minimum atomic E-state index is -4.60. The molecule has 2 fully saturated rings. The van der Waals surface area contributed by atoms with Crippen molar-refractivity contribution in [2.24, 2.45) is 17.8 Å². The van der Waals surface area contributed by atoms with E-state index in [4.69, 9.17) is 0 Å². The standard InChI is InChI=1S/C18H24F3NO2/c1-22(2)10-15-12-4-3-11(7-12)9-17(15,24)13-5-6-14(16(23)8-13)18(19,20)21/h5-6,8,11-12,15,23-24H,3-4,7,9-10H2,1-2H3/t11?,12?,15-,17-/m0/s1. The Labute approximate surface area is 140 Å². The summed E-state index contributed by atoms with van der Waals surface area (Å²) in [5, 5.41) is 21.3. The minimum absolute atomic E-state index is 0.0395. The van der Waals surface area contributed by atoms with E-state index >= 15 is 0 Å². The van der Waals surface area contributed by atoms with Crippen LogP contribution in [-0.2, 0) is 11.8 Å². The second-order valence-electron chi connectivity index (χ2n) is 7.67. The van der Waals surface area contributed by atoms with Crippen LogP contribution in [-0.4, -0.2) is 35.8 Å². The highest BCUT2D eigenvalue weighted by Gasteiger charge is 2.51. The molecule has 2 saturated carbocycles. The second-order valence-corrected chi connectivity index (χ2v) is 7.67. The first-order valence-electron chi connectivity index (χ1n) is 8.39. The zero-order valence-corrected chi connectivity index (χ0v) is 14.0. The van der Waals surface area contributed by atoms with E-state index in [0.29, 0.717) is 30.4 Å². The number of aliphatic hydroxyl groups is 1. The average molecular weight is 343 g/mol. The molecule has 0 heterocycles. The average Bonchev–Trinajstić information content (AvgIpc) is 2.85. The van der Waals surface area contributed by atoms with E-state index in [-0.39, 0.29) is 5.92 Å². The van der Waals surface area contributed by atoms with Crippen molar-refractivity contribution in [2.45, 2.75) is 37.5 Å². The number of nitrogens with zero attached hydrogens (tertiary/aromatic N) is 1. The molecule has 2 aliphatic carbocycles. The van der Waals surface area contributed by atoms with Crippen molar-refractivity contribution in [1.29, 1.82) is 0 Å². The van der Waals surface area contributed by atoms with Crippen molar-refractivity contribution in [3.05, 3.63) is 29.3 Å². The SMILES string of the molecule is CN(C)C[C@H]1C2CCC(C2)C[C@]1(O)c1ccc(C(F)(F)F)c(O)c1. The van der Waals surface area contributed by atoms with Crippen LogP contribution >= 0.6 is 0 Å². The number of hydrogen-bond acceptors (Lipinski definition) is 3. The summed E-state index contributed by atoms with van der Waals surface area (Å²) in [6.45, 7) is 0.676. The van der Waals surface area contributed by atoms with Crippen LogP contribution in [0, 0.1) is 17.8 Å². The van der Waals surface area contributed by atoms with Crippen LogP contribution < -0.4 is 0 Å². The van der Waals surface area contributed by atoms with Gasteiger partial charge in [-0.05, 0) is 62.9 Å². The number of fused-ring (bicyclic) bond motifs is 2. The molecule has 2 N–H and O–H groups in total. The predicted octanol–water partition coefficient (Wildman–Crippen LogP) is 3.60. The van der Waals surface area contributed by atoms with Gasteiger partial charge in [0.15, 0.2) is 0 Å². The molecule has 0 aromatic heterocycles. The molecule has 0 radical (unpaired) electrons. The molecule has 2 aliphatic rings. The smallest absolute Gasteiger partial charge is 0.419 e. The van der Waals surface area contributed by atoms with E-state index in [2.05, 4.69) is 0 Å². The van der Waals surface area contributed by atoms with Crippen LogP contribution in [0.15, 0.2) is 18.2 Å². The molecule has 1 aromatic rings. The van der Waals surface area contributed by atoms with Crippen LogP contribution in [0.3, 0.4) is 0 Å².